The summed E-state index contributed by atoms with van der Waals surface area (Å²) >= 11 is 3.46. The van der Waals surface area contributed by atoms with Gasteiger partial charge in [-0.3, -0.25) is 4.79 Å². The summed E-state index contributed by atoms with van der Waals surface area (Å²) in [6, 6.07) is 12.1. The number of nitrogens with zero attached hydrogens (tertiary/aromatic N) is 1. The summed E-state index contributed by atoms with van der Waals surface area (Å²) in [7, 11) is 0. The summed E-state index contributed by atoms with van der Waals surface area (Å²) in [5, 5.41) is 2.21. The fourth-order valence-electron chi connectivity index (χ4n) is 2.73. The fraction of sp³-hybridized carbons (Fsp3) is 0.312. The SMILES string of the molecule is NC1CCCN(C(=O)c2ccc3cc(Br)ccc3c2)C1. The van der Waals surface area contributed by atoms with Gasteiger partial charge in [0, 0.05) is 29.2 Å². The molecule has 0 bridgehead atoms. The Morgan fingerprint density at radius 1 is 1.20 bits per heavy atom. The van der Waals surface area contributed by atoms with Gasteiger partial charge in [-0.2, -0.15) is 0 Å². The minimum atomic E-state index is 0.0879. The van der Waals surface area contributed by atoms with Crippen LogP contribution in [0.5, 0.6) is 0 Å². The van der Waals surface area contributed by atoms with E-state index in [0.29, 0.717) is 6.54 Å². The molecule has 0 aliphatic carbocycles. The topological polar surface area (TPSA) is 46.3 Å². The number of hydrogen-bond donors (Lipinski definition) is 1. The number of carbonyl (C=O) groups excluding carboxylic acids is 1. The molecule has 3 rings (SSSR count). The Morgan fingerprint density at radius 3 is 2.75 bits per heavy atom. The van der Waals surface area contributed by atoms with E-state index in [1.807, 2.05) is 35.2 Å². The Balaban J connectivity index is 1.89. The number of carbonyl (C=O) groups is 1. The van der Waals surface area contributed by atoms with Crippen molar-refractivity contribution >= 4 is 32.6 Å². The third-order valence-electron chi connectivity index (χ3n) is 3.79. The molecule has 2 aromatic carbocycles. The normalized spacial score (nSPS) is 19.3. The third-order valence-corrected chi connectivity index (χ3v) is 4.29. The smallest absolute Gasteiger partial charge is 0.253 e. The van der Waals surface area contributed by atoms with Crippen LogP contribution in [0.4, 0.5) is 0 Å². The van der Waals surface area contributed by atoms with E-state index in [-0.39, 0.29) is 11.9 Å². The van der Waals surface area contributed by atoms with Crippen LogP contribution in [0.1, 0.15) is 23.2 Å². The van der Waals surface area contributed by atoms with Gasteiger partial charge in [-0.15, -0.1) is 0 Å². The molecular weight excluding hydrogens is 316 g/mol. The highest BCUT2D eigenvalue weighted by Crippen LogP contribution is 2.22. The van der Waals surface area contributed by atoms with E-state index in [1.165, 1.54) is 0 Å². The zero-order valence-corrected chi connectivity index (χ0v) is 12.8. The van der Waals surface area contributed by atoms with Gasteiger partial charge in [-0.1, -0.05) is 28.1 Å². The lowest BCUT2D eigenvalue weighted by Crippen LogP contribution is -2.45. The van der Waals surface area contributed by atoms with Gasteiger partial charge in [-0.05, 0) is 47.9 Å². The molecule has 0 saturated carbocycles. The van der Waals surface area contributed by atoms with Crippen LogP contribution in [0.25, 0.3) is 10.8 Å². The molecule has 104 valence electrons. The second-order valence-corrected chi connectivity index (χ2v) is 6.28. The first kappa shape index (κ1) is 13.6. The van der Waals surface area contributed by atoms with Crippen molar-refractivity contribution in [1.82, 2.24) is 4.90 Å². The van der Waals surface area contributed by atoms with Gasteiger partial charge in [0.05, 0.1) is 0 Å². The van der Waals surface area contributed by atoms with Crippen LogP contribution in [0, 0.1) is 0 Å². The van der Waals surface area contributed by atoms with Crippen molar-refractivity contribution in [3.63, 3.8) is 0 Å². The van der Waals surface area contributed by atoms with Crippen LogP contribution >= 0.6 is 15.9 Å². The largest absolute Gasteiger partial charge is 0.337 e. The minimum Gasteiger partial charge on any atom is -0.337 e. The molecule has 0 radical (unpaired) electrons. The summed E-state index contributed by atoms with van der Waals surface area (Å²) in [4.78, 5) is 14.4. The van der Waals surface area contributed by atoms with E-state index >= 15 is 0 Å². The quantitative estimate of drug-likeness (QED) is 0.871. The molecule has 1 aliphatic heterocycles. The monoisotopic (exact) mass is 332 g/mol. The highest BCUT2D eigenvalue weighted by atomic mass is 79.9. The summed E-state index contributed by atoms with van der Waals surface area (Å²) in [6.45, 7) is 1.47. The summed E-state index contributed by atoms with van der Waals surface area (Å²) in [5.74, 6) is 0.0879. The van der Waals surface area contributed by atoms with Gasteiger partial charge >= 0.3 is 0 Å². The number of benzene rings is 2. The molecule has 1 unspecified atom stereocenters. The maximum absolute atomic E-state index is 12.5. The molecule has 2 aromatic rings. The number of nitrogens with two attached hydrogens (primary N) is 1. The lowest BCUT2D eigenvalue weighted by Gasteiger charge is -2.30. The first-order chi connectivity index (χ1) is 9.63. The zero-order chi connectivity index (χ0) is 14.1. The van der Waals surface area contributed by atoms with E-state index in [1.54, 1.807) is 0 Å². The van der Waals surface area contributed by atoms with Crippen LogP contribution in [-0.2, 0) is 0 Å². The van der Waals surface area contributed by atoms with E-state index in [4.69, 9.17) is 5.73 Å². The summed E-state index contributed by atoms with van der Waals surface area (Å²) in [5.41, 5.74) is 6.69. The molecule has 1 fully saturated rings. The minimum absolute atomic E-state index is 0.0879. The lowest BCUT2D eigenvalue weighted by molar-refractivity contribution is 0.0709. The zero-order valence-electron chi connectivity index (χ0n) is 11.2. The van der Waals surface area contributed by atoms with Gasteiger partial charge < -0.3 is 10.6 Å². The number of rotatable bonds is 1. The number of piperidine rings is 1. The molecular formula is C16H17BrN2O. The molecule has 2 N–H and O–H groups in total. The molecule has 1 saturated heterocycles. The third kappa shape index (κ3) is 2.72. The molecule has 0 aromatic heterocycles. The van der Waals surface area contributed by atoms with E-state index in [9.17, 15) is 4.79 Å². The molecule has 0 spiro atoms. The van der Waals surface area contributed by atoms with Crippen LogP contribution in [0.3, 0.4) is 0 Å². The maximum atomic E-state index is 12.5. The predicted octanol–water partition coefficient (Wildman–Crippen LogP) is 3.17. The van der Waals surface area contributed by atoms with Crippen molar-refractivity contribution in [3.8, 4) is 0 Å². The standard InChI is InChI=1S/C16H17BrN2O/c17-14-6-5-11-8-13(4-3-12(11)9-14)16(20)19-7-1-2-15(18)10-19/h3-6,8-9,15H,1-2,7,10,18H2. The van der Waals surface area contributed by atoms with Gasteiger partial charge in [0.2, 0.25) is 0 Å². The van der Waals surface area contributed by atoms with Gasteiger partial charge in [0.1, 0.15) is 0 Å². The number of amides is 1. The second kappa shape index (κ2) is 5.54. The molecule has 20 heavy (non-hydrogen) atoms. The first-order valence-corrected chi connectivity index (χ1v) is 7.67. The summed E-state index contributed by atoms with van der Waals surface area (Å²) in [6.07, 6.45) is 2.00. The van der Waals surface area contributed by atoms with Crippen molar-refractivity contribution in [2.45, 2.75) is 18.9 Å². The van der Waals surface area contributed by atoms with Gasteiger partial charge in [0.25, 0.3) is 5.91 Å². The maximum Gasteiger partial charge on any atom is 0.253 e. The van der Waals surface area contributed by atoms with E-state index in [2.05, 4.69) is 22.0 Å². The second-order valence-electron chi connectivity index (χ2n) is 5.36. The van der Waals surface area contributed by atoms with Crippen molar-refractivity contribution in [1.29, 1.82) is 0 Å². The number of halogens is 1. The molecule has 1 heterocycles. The van der Waals surface area contributed by atoms with Crippen molar-refractivity contribution in [3.05, 3.63) is 46.4 Å². The Labute approximate surface area is 126 Å². The molecule has 1 aliphatic rings. The Kier molecular flexibility index (Phi) is 3.76. The lowest BCUT2D eigenvalue weighted by atomic mass is 10.0. The van der Waals surface area contributed by atoms with Crippen molar-refractivity contribution in [2.75, 3.05) is 13.1 Å². The van der Waals surface area contributed by atoms with Crippen LogP contribution < -0.4 is 5.73 Å². The molecule has 3 nitrogen and oxygen atoms in total. The first-order valence-electron chi connectivity index (χ1n) is 6.88. The average Bonchev–Trinajstić information content (AvgIpc) is 2.46. The van der Waals surface area contributed by atoms with Crippen LogP contribution in [0.2, 0.25) is 0 Å². The Morgan fingerprint density at radius 2 is 1.95 bits per heavy atom. The van der Waals surface area contributed by atoms with Gasteiger partial charge in [-0.25, -0.2) is 0 Å². The van der Waals surface area contributed by atoms with Crippen molar-refractivity contribution in [2.24, 2.45) is 5.73 Å². The highest BCUT2D eigenvalue weighted by Gasteiger charge is 2.22. The number of likely N-dealkylation sites (tertiary alicyclic amines) is 1. The predicted molar refractivity (Wildman–Crippen MR) is 84.8 cm³/mol. The van der Waals surface area contributed by atoms with E-state index in [0.717, 1.165) is 40.2 Å². The number of hydrogen-bond acceptors (Lipinski definition) is 2. The van der Waals surface area contributed by atoms with E-state index < -0.39 is 0 Å². The Bertz CT molecular complexity index is 656. The molecule has 1 amide bonds. The Hall–Kier alpha value is -1.39. The summed E-state index contributed by atoms with van der Waals surface area (Å²) < 4.78 is 1.05. The van der Waals surface area contributed by atoms with Crippen LogP contribution in [0.15, 0.2) is 40.9 Å². The average molecular weight is 333 g/mol. The fourth-order valence-corrected chi connectivity index (χ4v) is 3.11. The number of fused-ring (bicyclic) bond motifs is 1. The molecule has 4 heteroatoms. The van der Waals surface area contributed by atoms with Gasteiger partial charge in [0.15, 0.2) is 0 Å². The van der Waals surface area contributed by atoms with Crippen molar-refractivity contribution < 1.29 is 4.79 Å². The highest BCUT2D eigenvalue weighted by molar-refractivity contribution is 9.10. The molecule has 1 atom stereocenters. The van der Waals surface area contributed by atoms with Crippen LogP contribution in [-0.4, -0.2) is 29.9 Å².